The van der Waals surface area contributed by atoms with Gasteiger partial charge in [0.15, 0.2) is 5.60 Å². The van der Waals surface area contributed by atoms with Crippen LogP contribution in [0.25, 0.3) is 0 Å². The summed E-state index contributed by atoms with van der Waals surface area (Å²) in [5, 5.41) is 17.2. The third-order valence-electron chi connectivity index (χ3n) is 10.3. The first kappa shape index (κ1) is 32.9. The highest BCUT2D eigenvalue weighted by Crippen LogP contribution is 2.59. The Morgan fingerprint density at radius 2 is 1.85 bits per heavy atom. The van der Waals surface area contributed by atoms with Crippen LogP contribution in [-0.4, -0.2) is 81.8 Å². The van der Waals surface area contributed by atoms with E-state index in [1.54, 1.807) is 16.9 Å². The lowest BCUT2D eigenvalue weighted by atomic mass is 9.82. The number of aliphatic hydroxyl groups is 1. The van der Waals surface area contributed by atoms with E-state index in [2.05, 4.69) is 42.8 Å². The highest BCUT2D eigenvalue weighted by molar-refractivity contribution is 6.91. The number of nitrogens with one attached hydrogen (secondary N) is 2. The molecule has 0 saturated carbocycles. The number of amides is 3. The number of fused-ring (bicyclic) bond motifs is 2. The molecule has 11 heteroatoms. The van der Waals surface area contributed by atoms with Gasteiger partial charge in [0.25, 0.3) is 5.91 Å². The van der Waals surface area contributed by atoms with Gasteiger partial charge in [0.1, 0.15) is 5.75 Å². The number of benzene rings is 3. The van der Waals surface area contributed by atoms with Gasteiger partial charge in [0, 0.05) is 49.0 Å². The number of carbonyl (C=O) groups is 3. The normalized spacial score (nSPS) is 23.9. The number of ether oxygens (including phenoxy) is 2. The Kier molecular flexibility index (Phi) is 9.26. The molecule has 2 fully saturated rings. The topological polar surface area (TPSA) is 120 Å². The largest absolute Gasteiger partial charge is 0.497 e. The van der Waals surface area contributed by atoms with E-state index in [0.717, 1.165) is 17.0 Å². The lowest BCUT2D eigenvalue weighted by molar-refractivity contribution is -0.148. The van der Waals surface area contributed by atoms with Crippen molar-refractivity contribution < 1.29 is 29.0 Å². The summed E-state index contributed by atoms with van der Waals surface area (Å²) >= 11 is 0. The first-order valence-electron chi connectivity index (χ1n) is 16.3. The van der Waals surface area contributed by atoms with Crippen molar-refractivity contribution >= 4 is 42.4 Å². The fraction of sp³-hybridized carbons (Fsp3) is 0.417. The van der Waals surface area contributed by atoms with Crippen molar-refractivity contribution in [2.24, 2.45) is 5.92 Å². The summed E-state index contributed by atoms with van der Waals surface area (Å²) in [6.07, 6.45) is -0.506. The van der Waals surface area contributed by atoms with Crippen molar-refractivity contribution in [1.82, 2.24) is 10.2 Å². The molecule has 1 spiro atoms. The first-order chi connectivity index (χ1) is 22.6. The van der Waals surface area contributed by atoms with Gasteiger partial charge in [-0.2, -0.15) is 0 Å². The van der Waals surface area contributed by atoms with E-state index in [4.69, 9.17) is 9.47 Å². The van der Waals surface area contributed by atoms with E-state index in [9.17, 15) is 19.5 Å². The van der Waals surface area contributed by atoms with Gasteiger partial charge in [-0.15, -0.1) is 0 Å². The van der Waals surface area contributed by atoms with Crippen LogP contribution in [-0.2, 0) is 31.3 Å². The molecule has 248 valence electrons. The number of methoxy groups -OCH3 is 1. The van der Waals surface area contributed by atoms with Crippen molar-refractivity contribution in [2.45, 2.75) is 50.2 Å². The number of nitrogens with zero attached hydrogens (tertiary/aromatic N) is 2. The third-order valence-corrected chi connectivity index (χ3v) is 14.6. The molecule has 47 heavy (non-hydrogen) atoms. The van der Waals surface area contributed by atoms with E-state index in [-0.39, 0.29) is 55.3 Å². The molecule has 3 amide bonds. The van der Waals surface area contributed by atoms with Crippen LogP contribution in [0.5, 0.6) is 5.75 Å². The van der Waals surface area contributed by atoms with E-state index in [0.29, 0.717) is 30.9 Å². The molecule has 3 aliphatic heterocycles. The van der Waals surface area contributed by atoms with Crippen LogP contribution in [0.3, 0.4) is 0 Å². The molecule has 3 heterocycles. The van der Waals surface area contributed by atoms with Crippen LogP contribution in [0, 0.1) is 5.92 Å². The zero-order chi connectivity index (χ0) is 33.3. The molecule has 0 aromatic heterocycles. The maximum Gasteiger partial charge on any atom is 0.261 e. The second-order valence-electron chi connectivity index (χ2n) is 13.3. The predicted octanol–water partition coefficient (Wildman–Crippen LogP) is 3.21. The molecule has 2 saturated heterocycles. The molecular formula is C36H44N4O6Si. The molecule has 3 aromatic rings. The average molecular weight is 657 g/mol. The summed E-state index contributed by atoms with van der Waals surface area (Å²) < 4.78 is 12.5. The van der Waals surface area contributed by atoms with Gasteiger partial charge in [0.05, 0.1) is 40.9 Å². The number of anilines is 2. The molecule has 0 unspecified atom stereocenters. The molecule has 0 radical (unpaired) electrons. The molecule has 3 aromatic carbocycles. The number of carbonyl (C=O) groups excluding carboxylic acids is 3. The Hall–Kier alpha value is -4.03. The lowest BCUT2D eigenvalue weighted by Gasteiger charge is -2.37. The minimum absolute atomic E-state index is 0.0280. The fourth-order valence-electron chi connectivity index (χ4n) is 7.89. The van der Waals surface area contributed by atoms with E-state index in [1.165, 1.54) is 5.19 Å². The van der Waals surface area contributed by atoms with Gasteiger partial charge < -0.3 is 35.0 Å². The SMILES string of the molecule is COc1ccc([Si](C)(C)[C@H]2[C@H](CC(=O)N(CCO)Cc3ccccc3)O[C@@]3(C(=O)Nc4ccc(N5CCNCC5=O)cc43)[C@@H]2C)cc1. The van der Waals surface area contributed by atoms with Gasteiger partial charge >= 0.3 is 0 Å². The van der Waals surface area contributed by atoms with Crippen LogP contribution in [0.2, 0.25) is 18.6 Å². The second kappa shape index (κ2) is 13.2. The predicted molar refractivity (Wildman–Crippen MR) is 183 cm³/mol. The Labute approximate surface area is 277 Å². The molecule has 3 N–H and O–H groups in total. The molecule has 0 bridgehead atoms. The quantitative estimate of drug-likeness (QED) is 0.287. The van der Waals surface area contributed by atoms with Crippen LogP contribution in [0.4, 0.5) is 11.4 Å². The molecule has 0 aliphatic carbocycles. The van der Waals surface area contributed by atoms with E-state index >= 15 is 0 Å². The standard InChI is InChI=1S/C36H44N4O6Si/c1-24-34(47(3,4)28-13-11-27(45-2)12-14-28)31(21-32(42)39(18-19-41)23-25-8-6-5-7-9-25)46-36(24)29-20-26(10-15-30(29)38-35(36)44)40-17-16-37-22-33(40)43/h5-15,20,24,31,34,37,41H,16-19,21-23H2,1-4H3,(H,38,44)/t24-,31+,34-,36+/m1/s1. The molecule has 6 rings (SSSR count). The van der Waals surface area contributed by atoms with Gasteiger partial charge in [-0.05, 0) is 41.4 Å². The van der Waals surface area contributed by atoms with Crippen molar-refractivity contribution in [3.63, 3.8) is 0 Å². The minimum Gasteiger partial charge on any atom is -0.497 e. The smallest absolute Gasteiger partial charge is 0.261 e. The summed E-state index contributed by atoms with van der Waals surface area (Å²) in [7, 11) is -0.816. The maximum atomic E-state index is 14.2. The van der Waals surface area contributed by atoms with Crippen LogP contribution in [0.15, 0.2) is 72.8 Å². The summed E-state index contributed by atoms with van der Waals surface area (Å²) in [4.78, 5) is 44.5. The number of aliphatic hydroxyl groups excluding tert-OH is 1. The summed E-state index contributed by atoms with van der Waals surface area (Å²) in [5.41, 5.74) is 1.59. The van der Waals surface area contributed by atoms with Crippen LogP contribution in [0.1, 0.15) is 24.5 Å². The fourth-order valence-corrected chi connectivity index (χ4v) is 11.9. The van der Waals surface area contributed by atoms with Crippen molar-refractivity contribution in [2.75, 3.05) is 50.1 Å². The van der Waals surface area contributed by atoms with Crippen molar-refractivity contribution in [3.8, 4) is 5.75 Å². The van der Waals surface area contributed by atoms with Gasteiger partial charge in [-0.3, -0.25) is 14.4 Å². The van der Waals surface area contributed by atoms with E-state index in [1.807, 2.05) is 60.7 Å². The van der Waals surface area contributed by atoms with Crippen molar-refractivity contribution in [3.05, 3.63) is 83.9 Å². The van der Waals surface area contributed by atoms with Gasteiger partial charge in [0.2, 0.25) is 11.8 Å². The van der Waals surface area contributed by atoms with E-state index < -0.39 is 19.8 Å². The van der Waals surface area contributed by atoms with Crippen molar-refractivity contribution in [1.29, 1.82) is 0 Å². The average Bonchev–Trinajstić information content (AvgIpc) is 3.53. The highest BCUT2D eigenvalue weighted by atomic mass is 28.3. The number of rotatable bonds is 10. The summed E-state index contributed by atoms with van der Waals surface area (Å²) in [6, 6.07) is 23.4. The summed E-state index contributed by atoms with van der Waals surface area (Å²) in [6.45, 7) is 8.47. The van der Waals surface area contributed by atoms with Gasteiger partial charge in [-0.1, -0.05) is 67.7 Å². The minimum atomic E-state index is -2.46. The number of piperazine rings is 1. The Balaban J connectivity index is 1.40. The molecule has 4 atom stereocenters. The number of hydrogen-bond donors (Lipinski definition) is 3. The Morgan fingerprint density at radius 3 is 2.53 bits per heavy atom. The monoisotopic (exact) mass is 656 g/mol. The number of hydrogen-bond acceptors (Lipinski definition) is 7. The third kappa shape index (κ3) is 5.97. The molecular weight excluding hydrogens is 613 g/mol. The Bertz CT molecular complexity index is 1630. The summed E-state index contributed by atoms with van der Waals surface area (Å²) in [5.74, 6) is 0.0526. The Morgan fingerprint density at radius 1 is 1.11 bits per heavy atom. The second-order valence-corrected chi connectivity index (χ2v) is 18.0. The van der Waals surface area contributed by atoms with Crippen LogP contribution < -0.4 is 25.5 Å². The first-order valence-corrected chi connectivity index (χ1v) is 19.4. The van der Waals surface area contributed by atoms with Crippen LogP contribution >= 0.6 is 0 Å². The highest BCUT2D eigenvalue weighted by Gasteiger charge is 2.65. The zero-order valence-corrected chi connectivity index (χ0v) is 28.5. The van der Waals surface area contributed by atoms with Gasteiger partial charge in [-0.25, -0.2) is 0 Å². The maximum absolute atomic E-state index is 14.2. The lowest BCUT2D eigenvalue weighted by Crippen LogP contribution is -2.52. The molecule has 3 aliphatic rings. The zero-order valence-electron chi connectivity index (χ0n) is 27.5. The molecule has 10 nitrogen and oxygen atoms in total.